The van der Waals surface area contributed by atoms with Crippen molar-refractivity contribution in [2.45, 2.75) is 45.4 Å². The normalized spacial score (nSPS) is 23.2. The van der Waals surface area contributed by atoms with E-state index < -0.39 is 5.91 Å². The number of amides is 1. The van der Waals surface area contributed by atoms with Gasteiger partial charge in [0.1, 0.15) is 17.2 Å². The molecule has 1 aliphatic carbocycles. The van der Waals surface area contributed by atoms with Gasteiger partial charge in [-0.3, -0.25) is 4.79 Å². The van der Waals surface area contributed by atoms with Crippen LogP contribution < -0.4 is 11.5 Å². The maximum atomic E-state index is 11.2. The molecule has 5 heteroatoms. The lowest BCUT2D eigenvalue weighted by Gasteiger charge is -2.12. The predicted molar refractivity (Wildman–Crippen MR) is 70.1 cm³/mol. The van der Waals surface area contributed by atoms with Crippen LogP contribution in [0.5, 0.6) is 0 Å². The third-order valence-electron chi connectivity index (χ3n) is 3.87. The topological polar surface area (TPSA) is 94.9 Å². The van der Waals surface area contributed by atoms with Crippen LogP contribution in [0.25, 0.3) is 0 Å². The summed E-state index contributed by atoms with van der Waals surface area (Å²) in [5, 5.41) is 0. The number of nitrogen functional groups attached to an aromatic ring is 1. The van der Waals surface area contributed by atoms with Crippen molar-refractivity contribution in [3.63, 3.8) is 0 Å². The monoisotopic (exact) mass is 248 g/mol. The van der Waals surface area contributed by atoms with Gasteiger partial charge in [-0.05, 0) is 32.1 Å². The van der Waals surface area contributed by atoms with Gasteiger partial charge in [-0.1, -0.05) is 13.3 Å². The minimum Gasteiger partial charge on any atom is -0.383 e. The van der Waals surface area contributed by atoms with Crippen LogP contribution in [0.3, 0.4) is 0 Å². The number of anilines is 1. The fourth-order valence-electron chi connectivity index (χ4n) is 2.78. The number of carbonyl (C=O) groups is 1. The average molecular weight is 248 g/mol. The van der Waals surface area contributed by atoms with Crippen molar-refractivity contribution < 1.29 is 4.79 Å². The Labute approximate surface area is 107 Å². The van der Waals surface area contributed by atoms with Crippen molar-refractivity contribution in [2.24, 2.45) is 11.7 Å². The highest BCUT2D eigenvalue weighted by molar-refractivity contribution is 5.98. The number of aryl methyl sites for hydroxylation is 1. The van der Waals surface area contributed by atoms with Gasteiger partial charge in [0.05, 0.1) is 5.69 Å². The highest BCUT2D eigenvalue weighted by atomic mass is 16.1. The van der Waals surface area contributed by atoms with E-state index in [1.54, 1.807) is 6.92 Å². The lowest BCUT2D eigenvalue weighted by molar-refractivity contribution is 0.1000. The summed E-state index contributed by atoms with van der Waals surface area (Å²) in [4.78, 5) is 19.9. The second kappa shape index (κ2) is 4.92. The van der Waals surface area contributed by atoms with Crippen molar-refractivity contribution in [1.29, 1.82) is 0 Å². The van der Waals surface area contributed by atoms with Crippen LogP contribution in [-0.4, -0.2) is 15.9 Å². The summed E-state index contributed by atoms with van der Waals surface area (Å²) in [6.07, 6.45) is 4.64. The average Bonchev–Trinajstić information content (AvgIpc) is 2.75. The summed E-state index contributed by atoms with van der Waals surface area (Å²) in [6.45, 7) is 3.97. The Morgan fingerprint density at radius 3 is 2.61 bits per heavy atom. The van der Waals surface area contributed by atoms with Gasteiger partial charge in [0.15, 0.2) is 0 Å². The van der Waals surface area contributed by atoms with E-state index in [1.807, 2.05) is 0 Å². The highest BCUT2D eigenvalue weighted by Crippen LogP contribution is 2.38. The van der Waals surface area contributed by atoms with E-state index in [0.29, 0.717) is 11.6 Å². The molecule has 1 aliphatic rings. The van der Waals surface area contributed by atoms with E-state index in [4.69, 9.17) is 11.5 Å². The SMILES string of the molecule is CCC1CCC(c2nc(C)c(C(N)=O)c(N)n2)C1. The molecule has 1 saturated carbocycles. The van der Waals surface area contributed by atoms with Crippen LogP contribution in [0.4, 0.5) is 5.82 Å². The Morgan fingerprint density at radius 1 is 1.39 bits per heavy atom. The molecular formula is C13H20N4O. The van der Waals surface area contributed by atoms with E-state index in [0.717, 1.165) is 24.6 Å². The summed E-state index contributed by atoms with van der Waals surface area (Å²) in [6, 6.07) is 0. The Hall–Kier alpha value is -1.65. The van der Waals surface area contributed by atoms with Crippen molar-refractivity contribution in [2.75, 3.05) is 5.73 Å². The third-order valence-corrected chi connectivity index (χ3v) is 3.87. The number of rotatable bonds is 3. The molecule has 0 bridgehead atoms. The van der Waals surface area contributed by atoms with E-state index in [2.05, 4.69) is 16.9 Å². The Kier molecular flexibility index (Phi) is 3.50. The largest absolute Gasteiger partial charge is 0.383 e. The maximum Gasteiger partial charge on any atom is 0.254 e. The molecule has 1 heterocycles. The first-order valence-corrected chi connectivity index (χ1v) is 6.46. The van der Waals surface area contributed by atoms with Crippen molar-refractivity contribution in [1.82, 2.24) is 9.97 Å². The van der Waals surface area contributed by atoms with Gasteiger partial charge in [0, 0.05) is 5.92 Å². The summed E-state index contributed by atoms with van der Waals surface area (Å²) in [5.74, 6) is 1.55. The zero-order valence-electron chi connectivity index (χ0n) is 10.9. The summed E-state index contributed by atoms with van der Waals surface area (Å²) >= 11 is 0. The molecule has 0 aliphatic heterocycles. The number of primary amides is 1. The molecular weight excluding hydrogens is 228 g/mol. The lowest BCUT2D eigenvalue weighted by atomic mass is 10.0. The van der Waals surface area contributed by atoms with Gasteiger partial charge in [0.25, 0.3) is 5.91 Å². The van der Waals surface area contributed by atoms with Crippen LogP contribution in [0.2, 0.25) is 0 Å². The molecule has 0 saturated heterocycles. The molecule has 1 aromatic rings. The first kappa shape index (κ1) is 12.8. The Balaban J connectivity index is 2.29. The Bertz CT molecular complexity index is 449. The third kappa shape index (κ3) is 2.30. The first-order valence-electron chi connectivity index (χ1n) is 6.46. The summed E-state index contributed by atoms with van der Waals surface area (Å²) in [5.41, 5.74) is 11.9. The molecule has 2 atom stereocenters. The van der Waals surface area contributed by atoms with E-state index in [-0.39, 0.29) is 11.4 Å². The molecule has 0 spiro atoms. The summed E-state index contributed by atoms with van der Waals surface area (Å²) < 4.78 is 0. The highest BCUT2D eigenvalue weighted by Gasteiger charge is 2.28. The number of hydrogen-bond acceptors (Lipinski definition) is 4. The van der Waals surface area contributed by atoms with E-state index in [9.17, 15) is 4.79 Å². The smallest absolute Gasteiger partial charge is 0.254 e. The minimum atomic E-state index is -0.561. The van der Waals surface area contributed by atoms with Gasteiger partial charge in [-0.2, -0.15) is 0 Å². The lowest BCUT2D eigenvalue weighted by Crippen LogP contribution is -2.19. The molecule has 4 N–H and O–H groups in total. The molecule has 0 aromatic carbocycles. The van der Waals surface area contributed by atoms with Crippen LogP contribution in [0.1, 0.15) is 60.4 Å². The molecule has 1 aromatic heterocycles. The fourth-order valence-corrected chi connectivity index (χ4v) is 2.78. The quantitative estimate of drug-likeness (QED) is 0.852. The molecule has 98 valence electrons. The molecule has 2 unspecified atom stereocenters. The van der Waals surface area contributed by atoms with Gasteiger partial charge in [-0.15, -0.1) is 0 Å². The Morgan fingerprint density at radius 2 is 2.11 bits per heavy atom. The first-order chi connectivity index (χ1) is 8.52. The van der Waals surface area contributed by atoms with Gasteiger partial charge < -0.3 is 11.5 Å². The summed E-state index contributed by atoms with van der Waals surface area (Å²) in [7, 11) is 0. The van der Waals surface area contributed by atoms with E-state index >= 15 is 0 Å². The zero-order valence-corrected chi connectivity index (χ0v) is 10.9. The molecule has 5 nitrogen and oxygen atoms in total. The molecule has 2 rings (SSSR count). The van der Waals surface area contributed by atoms with Crippen molar-refractivity contribution >= 4 is 11.7 Å². The van der Waals surface area contributed by atoms with Crippen LogP contribution in [0.15, 0.2) is 0 Å². The fraction of sp³-hybridized carbons (Fsp3) is 0.615. The van der Waals surface area contributed by atoms with Crippen LogP contribution >= 0.6 is 0 Å². The number of hydrogen-bond donors (Lipinski definition) is 2. The van der Waals surface area contributed by atoms with Gasteiger partial charge in [-0.25, -0.2) is 9.97 Å². The van der Waals surface area contributed by atoms with Crippen LogP contribution in [0, 0.1) is 12.8 Å². The minimum absolute atomic E-state index is 0.213. The maximum absolute atomic E-state index is 11.2. The number of nitrogens with zero attached hydrogens (tertiary/aromatic N) is 2. The second-order valence-electron chi connectivity index (χ2n) is 5.08. The number of aromatic nitrogens is 2. The number of nitrogens with two attached hydrogens (primary N) is 2. The standard InChI is InChI=1S/C13H20N4O/c1-3-8-4-5-9(6-8)13-16-7(2)10(12(15)18)11(14)17-13/h8-9H,3-6H2,1-2H3,(H2,15,18)(H2,14,16,17). The predicted octanol–water partition coefficient (Wildman–Crippen LogP) is 1.76. The molecule has 0 radical (unpaired) electrons. The van der Waals surface area contributed by atoms with E-state index in [1.165, 1.54) is 12.8 Å². The van der Waals surface area contributed by atoms with Gasteiger partial charge in [0.2, 0.25) is 0 Å². The van der Waals surface area contributed by atoms with Crippen molar-refractivity contribution in [3.05, 3.63) is 17.1 Å². The van der Waals surface area contributed by atoms with Gasteiger partial charge >= 0.3 is 0 Å². The van der Waals surface area contributed by atoms with Crippen molar-refractivity contribution in [3.8, 4) is 0 Å². The second-order valence-corrected chi connectivity index (χ2v) is 5.08. The zero-order chi connectivity index (χ0) is 13.3. The molecule has 1 fully saturated rings. The number of carbonyl (C=O) groups excluding carboxylic acids is 1. The van der Waals surface area contributed by atoms with Crippen LogP contribution in [-0.2, 0) is 0 Å². The molecule has 1 amide bonds. The molecule has 18 heavy (non-hydrogen) atoms.